The number of rotatable bonds is 10. The molecule has 0 aliphatic heterocycles. The van der Waals surface area contributed by atoms with Gasteiger partial charge in [0, 0.05) is 45.8 Å². The molecule has 12 aromatic rings. The fourth-order valence-corrected chi connectivity index (χ4v) is 12.2. The van der Waals surface area contributed by atoms with Gasteiger partial charge in [0.1, 0.15) is 11.5 Å². The van der Waals surface area contributed by atoms with Crippen molar-refractivity contribution in [2.24, 2.45) is 9.98 Å². The molecule has 0 bridgehead atoms. The van der Waals surface area contributed by atoms with Crippen molar-refractivity contribution in [2.75, 3.05) is 0 Å². The van der Waals surface area contributed by atoms with E-state index in [1.165, 1.54) is 11.1 Å². The van der Waals surface area contributed by atoms with Crippen molar-refractivity contribution < 1.29 is 10.2 Å². The summed E-state index contributed by atoms with van der Waals surface area (Å²) in [4.78, 5) is 11.0. The monoisotopic (exact) mass is 1010 g/mol. The van der Waals surface area contributed by atoms with Crippen LogP contribution in [0, 0.1) is 0 Å². The van der Waals surface area contributed by atoms with E-state index < -0.39 is 11.1 Å². The molecule has 1 aliphatic carbocycles. The molecule has 0 unspecified atom stereocenters. The van der Waals surface area contributed by atoms with E-state index in [1.54, 1.807) is 0 Å². The maximum atomic E-state index is 12.9. The number of fused-ring (bicyclic) bond motifs is 4. The lowest BCUT2D eigenvalue weighted by molar-refractivity contribution is 0.188. The lowest BCUT2D eigenvalue weighted by Crippen LogP contribution is -2.49. The van der Waals surface area contributed by atoms with Crippen LogP contribution >= 0.6 is 0 Å². The van der Waals surface area contributed by atoms with Gasteiger partial charge >= 0.3 is 0 Å². The predicted molar refractivity (Wildman–Crippen MR) is 329 cm³/mol. The van der Waals surface area contributed by atoms with E-state index in [-0.39, 0.29) is 11.5 Å². The van der Waals surface area contributed by atoms with Crippen LogP contribution in [0.1, 0.15) is 50.7 Å². The summed E-state index contributed by atoms with van der Waals surface area (Å²) in [6.07, 6.45) is 7.40. The number of aliphatic imine (C=N–C) groups is 2. The first-order valence-corrected chi connectivity index (χ1v) is 27.2. The smallest absolute Gasteiger partial charge is 0.132 e. The van der Waals surface area contributed by atoms with Gasteiger partial charge in [-0.05, 0) is 126 Å². The zero-order valence-electron chi connectivity index (χ0n) is 43.9. The molecular formula is C74H58N2O2. The highest BCUT2D eigenvalue weighted by Crippen LogP contribution is 2.50. The summed E-state index contributed by atoms with van der Waals surface area (Å²) in [5, 5.41) is 34.0. The van der Waals surface area contributed by atoms with Crippen molar-refractivity contribution in [1.29, 1.82) is 0 Å². The molecule has 4 nitrogen and oxygen atoms in total. The molecule has 1 fully saturated rings. The first-order valence-electron chi connectivity index (χ1n) is 27.2. The lowest BCUT2D eigenvalue weighted by atomic mass is 9.69. The Labute approximate surface area is 456 Å². The molecule has 0 heterocycles. The molecule has 0 spiro atoms. The second-order valence-corrected chi connectivity index (χ2v) is 21.4. The van der Waals surface area contributed by atoms with Crippen LogP contribution in [0.5, 0.6) is 11.5 Å². The maximum absolute atomic E-state index is 12.9. The Morgan fingerprint density at radius 2 is 0.628 bits per heavy atom. The molecule has 1 saturated carbocycles. The number of nitrogens with zero attached hydrogens (tertiary/aromatic N) is 2. The molecule has 0 amide bonds. The topological polar surface area (TPSA) is 65.2 Å². The van der Waals surface area contributed by atoms with Gasteiger partial charge in [-0.2, -0.15) is 0 Å². The SMILES string of the molecule is C[C@@]1(N=Cc2cc3ccccc3c(-c3c(-c4ccc(-c5ccccc5)cc4)ccc4ccccc34)c2O)CCCC[C@@]1(C)N=Cc1cc2ccccc2c(-c2c(-c3ccc(-c4ccccc4)cc3)ccc3ccccc23)c1O. The minimum Gasteiger partial charge on any atom is -0.507 e. The van der Waals surface area contributed by atoms with Gasteiger partial charge < -0.3 is 10.2 Å². The van der Waals surface area contributed by atoms with E-state index in [4.69, 9.17) is 9.98 Å². The van der Waals surface area contributed by atoms with E-state index in [9.17, 15) is 10.2 Å². The first-order chi connectivity index (χ1) is 38.2. The standard InChI is InChI=1S/C74H58N2O2/c1-73(75-47-59-45-57-25-11-15-29-63(57)69(71(59)77)67-61-27-13-9-23-53(61)39-41-65(67)55-35-31-51(32-36-55)49-19-5-3-6-20-49)43-17-18-44-74(73,2)76-48-60-46-58-26-12-16-30-64(58)70(72(60)78)68-62-28-14-10-24-54(62)40-42-66(68)56-37-33-52(34-38-56)50-21-7-4-8-22-50/h3-16,19-42,45-48,77-78H,17-18,43-44H2,1-2H3/t73-,74-/m1/s1. The van der Waals surface area contributed by atoms with Crippen molar-refractivity contribution in [1.82, 2.24) is 0 Å². The Balaban J connectivity index is 0.907. The number of phenolic OH excluding ortho intramolecular Hbond substituents is 2. The molecule has 0 aromatic heterocycles. The van der Waals surface area contributed by atoms with Crippen molar-refractivity contribution in [3.63, 3.8) is 0 Å². The summed E-state index contributed by atoms with van der Waals surface area (Å²) >= 11 is 0. The van der Waals surface area contributed by atoms with Crippen molar-refractivity contribution in [2.45, 2.75) is 50.6 Å². The van der Waals surface area contributed by atoms with Crippen LogP contribution in [0.4, 0.5) is 0 Å². The molecule has 13 rings (SSSR count). The quantitative estimate of drug-likeness (QED) is 0.134. The molecule has 2 N–H and O–H groups in total. The van der Waals surface area contributed by atoms with Crippen molar-refractivity contribution >= 4 is 55.5 Å². The van der Waals surface area contributed by atoms with Crippen LogP contribution in [-0.4, -0.2) is 33.7 Å². The minimum atomic E-state index is -0.644. The first kappa shape index (κ1) is 48.3. The van der Waals surface area contributed by atoms with Gasteiger partial charge in [0.15, 0.2) is 0 Å². The van der Waals surface area contributed by atoms with Gasteiger partial charge in [-0.25, -0.2) is 0 Å². The van der Waals surface area contributed by atoms with E-state index in [2.05, 4.69) is 232 Å². The van der Waals surface area contributed by atoms with Gasteiger partial charge in [-0.1, -0.05) is 243 Å². The van der Waals surface area contributed by atoms with Gasteiger partial charge in [0.05, 0.1) is 11.1 Å². The molecule has 12 aromatic carbocycles. The zero-order chi connectivity index (χ0) is 52.8. The van der Waals surface area contributed by atoms with Crippen molar-refractivity contribution in [3.05, 3.63) is 254 Å². The Kier molecular flexibility index (Phi) is 12.4. The number of hydrogen-bond acceptors (Lipinski definition) is 4. The van der Waals surface area contributed by atoms with Gasteiger partial charge in [0.25, 0.3) is 0 Å². The lowest BCUT2D eigenvalue weighted by Gasteiger charge is -2.44. The number of hydrogen-bond donors (Lipinski definition) is 2. The fraction of sp³-hybridized carbons (Fsp3) is 0.108. The average Bonchev–Trinajstić information content (AvgIpc) is 3.55. The number of aromatic hydroxyl groups is 2. The van der Waals surface area contributed by atoms with Crippen LogP contribution < -0.4 is 0 Å². The average molecular weight is 1010 g/mol. The minimum absolute atomic E-state index is 0.189. The Morgan fingerprint density at radius 3 is 1.01 bits per heavy atom. The molecule has 376 valence electrons. The Hall–Kier alpha value is -9.38. The molecule has 2 atom stereocenters. The van der Waals surface area contributed by atoms with Crippen LogP contribution in [0.15, 0.2) is 253 Å². The van der Waals surface area contributed by atoms with Crippen molar-refractivity contribution in [3.8, 4) is 78.3 Å². The molecule has 0 radical (unpaired) electrons. The molecule has 1 aliphatic rings. The highest BCUT2D eigenvalue weighted by atomic mass is 16.3. The maximum Gasteiger partial charge on any atom is 0.132 e. The van der Waals surface area contributed by atoms with E-state index in [0.29, 0.717) is 11.1 Å². The van der Waals surface area contributed by atoms with Gasteiger partial charge in [0.2, 0.25) is 0 Å². The Bertz CT molecular complexity index is 4020. The molecule has 0 saturated heterocycles. The van der Waals surface area contributed by atoms with E-state index in [1.807, 2.05) is 36.7 Å². The molecular weight excluding hydrogens is 949 g/mol. The summed E-state index contributed by atoms with van der Waals surface area (Å²) in [7, 11) is 0. The van der Waals surface area contributed by atoms with Crippen LogP contribution in [0.25, 0.3) is 110 Å². The summed E-state index contributed by atoms with van der Waals surface area (Å²) in [6.45, 7) is 4.41. The van der Waals surface area contributed by atoms with Crippen LogP contribution in [0.3, 0.4) is 0 Å². The van der Waals surface area contributed by atoms with Gasteiger partial charge in [-0.15, -0.1) is 0 Å². The number of phenols is 2. The summed E-state index contributed by atoms with van der Waals surface area (Å²) in [6, 6.07) is 84.9. The fourth-order valence-electron chi connectivity index (χ4n) is 12.2. The van der Waals surface area contributed by atoms with E-state index in [0.717, 1.165) is 124 Å². The summed E-state index contributed by atoms with van der Waals surface area (Å²) in [5.41, 5.74) is 12.4. The third kappa shape index (κ3) is 8.60. The third-order valence-electron chi connectivity index (χ3n) is 16.8. The summed E-state index contributed by atoms with van der Waals surface area (Å²) < 4.78 is 0. The Morgan fingerprint density at radius 1 is 0.321 bits per heavy atom. The highest BCUT2D eigenvalue weighted by Gasteiger charge is 2.46. The largest absolute Gasteiger partial charge is 0.507 e. The molecule has 78 heavy (non-hydrogen) atoms. The predicted octanol–water partition coefficient (Wildman–Crippen LogP) is 19.3. The van der Waals surface area contributed by atoms with E-state index >= 15 is 0 Å². The van der Waals surface area contributed by atoms with Gasteiger partial charge in [-0.3, -0.25) is 9.98 Å². The van der Waals surface area contributed by atoms with Crippen LogP contribution in [0.2, 0.25) is 0 Å². The second kappa shape index (κ2) is 20.0. The normalized spacial score (nSPS) is 16.7. The third-order valence-corrected chi connectivity index (χ3v) is 16.8. The summed E-state index contributed by atoms with van der Waals surface area (Å²) in [5.74, 6) is 0.378. The second-order valence-electron chi connectivity index (χ2n) is 21.4. The highest BCUT2D eigenvalue weighted by molar-refractivity contribution is 6.16. The van der Waals surface area contributed by atoms with Crippen LogP contribution in [-0.2, 0) is 0 Å². The number of benzene rings is 12. The molecule has 4 heteroatoms. The zero-order valence-corrected chi connectivity index (χ0v) is 43.9.